The zero-order valence-corrected chi connectivity index (χ0v) is 12.2. The number of nitrogens with zero attached hydrogens (tertiary/aromatic N) is 1. The predicted octanol–water partition coefficient (Wildman–Crippen LogP) is 2.47. The molecular formula is C15H18F3NO3. The van der Waals surface area contributed by atoms with Gasteiger partial charge in [-0.2, -0.15) is 13.2 Å². The molecule has 0 aliphatic carbocycles. The van der Waals surface area contributed by atoms with E-state index in [-0.39, 0.29) is 18.5 Å². The van der Waals surface area contributed by atoms with Crippen molar-refractivity contribution in [3.63, 3.8) is 0 Å². The molecule has 7 heteroatoms. The summed E-state index contributed by atoms with van der Waals surface area (Å²) in [5.74, 6) is -0.356. The first-order valence-electron chi connectivity index (χ1n) is 6.95. The highest BCUT2D eigenvalue weighted by Crippen LogP contribution is 2.29. The van der Waals surface area contributed by atoms with Crippen LogP contribution in [-0.2, 0) is 27.0 Å². The zero-order valence-electron chi connectivity index (χ0n) is 12.2. The molecule has 0 saturated carbocycles. The minimum atomic E-state index is -4.34. The number of hydrogen-bond donors (Lipinski definition) is 0. The van der Waals surface area contributed by atoms with Gasteiger partial charge in [0.2, 0.25) is 0 Å². The van der Waals surface area contributed by atoms with E-state index in [9.17, 15) is 18.0 Å². The summed E-state index contributed by atoms with van der Waals surface area (Å²) in [6.45, 7) is 1.95. The lowest BCUT2D eigenvalue weighted by molar-refractivity contribution is -0.146. The molecule has 1 aliphatic rings. The molecule has 1 fully saturated rings. The van der Waals surface area contributed by atoms with E-state index in [1.165, 1.54) is 13.2 Å². The minimum Gasteiger partial charge on any atom is -0.469 e. The Morgan fingerprint density at radius 3 is 2.91 bits per heavy atom. The first-order valence-corrected chi connectivity index (χ1v) is 6.95. The number of benzene rings is 1. The zero-order chi connectivity index (χ0) is 16.2. The van der Waals surface area contributed by atoms with Crippen LogP contribution in [0.3, 0.4) is 0 Å². The van der Waals surface area contributed by atoms with Gasteiger partial charge in [0.25, 0.3) is 0 Å². The van der Waals surface area contributed by atoms with Crippen LogP contribution < -0.4 is 0 Å². The molecule has 0 amide bonds. The average Bonchev–Trinajstić information content (AvgIpc) is 2.47. The third kappa shape index (κ3) is 4.71. The highest BCUT2D eigenvalue weighted by molar-refractivity contribution is 5.69. The number of hydrogen-bond acceptors (Lipinski definition) is 4. The molecule has 2 rings (SSSR count). The Labute approximate surface area is 126 Å². The van der Waals surface area contributed by atoms with Gasteiger partial charge in [0.05, 0.1) is 31.8 Å². The van der Waals surface area contributed by atoms with Crippen LogP contribution in [0.2, 0.25) is 0 Å². The second-order valence-electron chi connectivity index (χ2n) is 5.21. The van der Waals surface area contributed by atoms with Gasteiger partial charge in [-0.1, -0.05) is 18.2 Å². The largest absolute Gasteiger partial charge is 0.469 e. The molecule has 1 heterocycles. The number of carbonyl (C=O) groups is 1. The number of halogens is 3. The Morgan fingerprint density at radius 2 is 2.23 bits per heavy atom. The molecule has 1 aromatic rings. The fraction of sp³-hybridized carbons (Fsp3) is 0.533. The van der Waals surface area contributed by atoms with Crippen LogP contribution in [0, 0.1) is 0 Å². The van der Waals surface area contributed by atoms with Crippen LogP contribution in [0.5, 0.6) is 0 Å². The Morgan fingerprint density at radius 1 is 1.45 bits per heavy atom. The summed E-state index contributed by atoms with van der Waals surface area (Å²) in [7, 11) is 1.31. The normalized spacial score (nSPS) is 19.9. The van der Waals surface area contributed by atoms with Crippen molar-refractivity contribution >= 4 is 5.97 Å². The summed E-state index contributed by atoms with van der Waals surface area (Å²) in [5.41, 5.74) is -0.0575. The van der Waals surface area contributed by atoms with E-state index < -0.39 is 11.7 Å². The lowest BCUT2D eigenvalue weighted by atomic mass is 10.1. The number of rotatable bonds is 4. The molecule has 1 saturated heterocycles. The van der Waals surface area contributed by atoms with Gasteiger partial charge in [-0.3, -0.25) is 9.69 Å². The van der Waals surface area contributed by atoms with Crippen LogP contribution in [-0.4, -0.2) is 43.8 Å². The molecule has 1 aliphatic heterocycles. The summed E-state index contributed by atoms with van der Waals surface area (Å²) < 4.78 is 48.2. The topological polar surface area (TPSA) is 38.8 Å². The van der Waals surface area contributed by atoms with Crippen molar-refractivity contribution in [3.05, 3.63) is 35.4 Å². The van der Waals surface area contributed by atoms with E-state index >= 15 is 0 Å². The summed E-state index contributed by atoms with van der Waals surface area (Å²) >= 11 is 0. The second kappa shape index (κ2) is 7.11. The van der Waals surface area contributed by atoms with Gasteiger partial charge in [0.15, 0.2) is 0 Å². The van der Waals surface area contributed by atoms with Crippen molar-refractivity contribution in [1.29, 1.82) is 0 Å². The van der Waals surface area contributed by atoms with Crippen molar-refractivity contribution in [1.82, 2.24) is 4.90 Å². The molecule has 22 heavy (non-hydrogen) atoms. The van der Waals surface area contributed by atoms with Gasteiger partial charge in [0.1, 0.15) is 0 Å². The summed E-state index contributed by atoms with van der Waals surface area (Å²) in [4.78, 5) is 13.2. The minimum absolute atomic E-state index is 0.148. The molecule has 1 atom stereocenters. The Hall–Kier alpha value is -1.60. The van der Waals surface area contributed by atoms with Gasteiger partial charge in [-0.15, -0.1) is 0 Å². The molecule has 4 nitrogen and oxygen atoms in total. The van der Waals surface area contributed by atoms with Crippen LogP contribution in [0.25, 0.3) is 0 Å². The molecular weight excluding hydrogens is 299 g/mol. The lowest BCUT2D eigenvalue weighted by Crippen LogP contribution is -2.42. The van der Waals surface area contributed by atoms with Crippen LogP contribution in [0.4, 0.5) is 13.2 Å². The van der Waals surface area contributed by atoms with Gasteiger partial charge in [-0.25, -0.2) is 0 Å². The number of carbonyl (C=O) groups excluding carboxylic acids is 1. The molecule has 1 unspecified atom stereocenters. The van der Waals surface area contributed by atoms with Gasteiger partial charge in [0, 0.05) is 19.6 Å². The smallest absolute Gasteiger partial charge is 0.416 e. The number of morpholine rings is 1. The Kier molecular flexibility index (Phi) is 5.42. The molecule has 122 valence electrons. The predicted molar refractivity (Wildman–Crippen MR) is 73.1 cm³/mol. The van der Waals surface area contributed by atoms with Crippen molar-refractivity contribution in [2.24, 2.45) is 0 Å². The second-order valence-corrected chi connectivity index (χ2v) is 5.21. The molecule has 0 bridgehead atoms. The van der Waals surface area contributed by atoms with Crippen molar-refractivity contribution < 1.29 is 27.4 Å². The van der Waals surface area contributed by atoms with Crippen molar-refractivity contribution in [2.75, 3.05) is 26.8 Å². The average molecular weight is 317 g/mol. The van der Waals surface area contributed by atoms with Gasteiger partial charge in [-0.05, 0) is 11.6 Å². The van der Waals surface area contributed by atoms with Crippen molar-refractivity contribution in [2.45, 2.75) is 25.2 Å². The van der Waals surface area contributed by atoms with Gasteiger partial charge < -0.3 is 9.47 Å². The van der Waals surface area contributed by atoms with E-state index in [0.717, 1.165) is 12.1 Å². The van der Waals surface area contributed by atoms with E-state index in [0.29, 0.717) is 31.8 Å². The highest BCUT2D eigenvalue weighted by Gasteiger charge is 2.30. The maximum Gasteiger partial charge on any atom is 0.416 e. The Balaban J connectivity index is 1.97. The number of alkyl halides is 3. The molecule has 0 aromatic heterocycles. The number of esters is 1. The standard InChI is InChI=1S/C15H18F3NO3/c1-21-14(20)8-13-10-19(5-6-22-13)9-11-3-2-4-12(7-11)15(16,17)18/h2-4,7,13H,5-6,8-10H2,1H3. The summed E-state index contributed by atoms with van der Waals surface area (Å²) in [6, 6.07) is 5.29. The maximum atomic E-state index is 12.7. The maximum absolute atomic E-state index is 12.7. The van der Waals surface area contributed by atoms with E-state index in [1.54, 1.807) is 6.07 Å². The van der Waals surface area contributed by atoms with Crippen LogP contribution in [0.15, 0.2) is 24.3 Å². The lowest BCUT2D eigenvalue weighted by Gasteiger charge is -2.32. The summed E-state index contributed by atoms with van der Waals surface area (Å²) in [5, 5.41) is 0. The van der Waals surface area contributed by atoms with Crippen LogP contribution >= 0.6 is 0 Å². The fourth-order valence-electron chi connectivity index (χ4n) is 2.42. The van der Waals surface area contributed by atoms with Crippen molar-refractivity contribution in [3.8, 4) is 0 Å². The molecule has 1 aromatic carbocycles. The third-order valence-electron chi connectivity index (χ3n) is 3.51. The van der Waals surface area contributed by atoms with E-state index in [4.69, 9.17) is 4.74 Å². The van der Waals surface area contributed by atoms with Gasteiger partial charge >= 0.3 is 12.1 Å². The number of methoxy groups -OCH3 is 1. The monoisotopic (exact) mass is 317 g/mol. The third-order valence-corrected chi connectivity index (χ3v) is 3.51. The van der Waals surface area contributed by atoms with E-state index in [1.807, 2.05) is 4.90 Å². The molecule has 0 radical (unpaired) electrons. The summed E-state index contributed by atoms with van der Waals surface area (Å²) in [6.07, 6.45) is -4.48. The fourth-order valence-corrected chi connectivity index (χ4v) is 2.42. The Bertz CT molecular complexity index is 519. The van der Waals surface area contributed by atoms with E-state index in [2.05, 4.69) is 4.74 Å². The molecule has 0 spiro atoms. The SMILES string of the molecule is COC(=O)CC1CN(Cc2cccc(C(F)(F)F)c2)CCO1. The first kappa shape index (κ1) is 16.8. The number of ether oxygens (including phenoxy) is 2. The first-order chi connectivity index (χ1) is 10.4. The highest BCUT2D eigenvalue weighted by atomic mass is 19.4. The molecule has 0 N–H and O–H groups in total. The quantitative estimate of drug-likeness (QED) is 0.800. The van der Waals surface area contributed by atoms with Crippen LogP contribution in [0.1, 0.15) is 17.5 Å².